The Balaban J connectivity index is 2.62. The zero-order chi connectivity index (χ0) is 5.98. The molecule has 1 N–H and O–H groups in total. The van der Waals surface area contributed by atoms with Gasteiger partial charge in [0.25, 0.3) is 0 Å². The predicted molar refractivity (Wildman–Crippen MR) is 32.0 cm³/mol. The highest BCUT2D eigenvalue weighted by molar-refractivity contribution is 7.99. The maximum Gasteiger partial charge on any atom is 0.191 e. The van der Waals surface area contributed by atoms with Gasteiger partial charge in [0.05, 0.1) is 12.4 Å². The van der Waals surface area contributed by atoms with Crippen LogP contribution in [0.25, 0.3) is 0 Å². The van der Waals surface area contributed by atoms with E-state index in [-0.39, 0.29) is 12.4 Å². The smallest absolute Gasteiger partial charge is 0.191 e. The molecule has 0 aromatic heterocycles. The summed E-state index contributed by atoms with van der Waals surface area (Å²) < 4.78 is 3.67. The largest absolute Gasteiger partial charge is 0.390 e. The molecule has 0 aliphatic carbocycles. The Bertz CT molecular complexity index is 143. The van der Waals surface area contributed by atoms with E-state index in [1.165, 1.54) is 11.9 Å². The standard InChI is InChI=1S/C4H5NO2S/c6-1-3-4(7)2-8-5-3/h6H,1-2H2. The molecule has 1 heterocycles. The molecule has 0 saturated carbocycles. The Morgan fingerprint density at radius 1 is 1.88 bits per heavy atom. The molecule has 0 amide bonds. The van der Waals surface area contributed by atoms with Crippen molar-refractivity contribution in [2.75, 3.05) is 12.4 Å². The van der Waals surface area contributed by atoms with Crippen LogP contribution in [0.2, 0.25) is 0 Å². The second kappa shape index (κ2) is 2.28. The summed E-state index contributed by atoms with van der Waals surface area (Å²) in [6.07, 6.45) is 0. The maximum absolute atomic E-state index is 10.5. The topological polar surface area (TPSA) is 49.7 Å². The SMILES string of the molecule is O=C1CSN=C1CO. The van der Waals surface area contributed by atoms with E-state index in [0.29, 0.717) is 11.5 Å². The van der Waals surface area contributed by atoms with Crippen molar-refractivity contribution in [1.82, 2.24) is 0 Å². The highest BCUT2D eigenvalue weighted by atomic mass is 32.2. The molecule has 0 radical (unpaired) electrons. The molecule has 44 valence electrons. The molecular formula is C4H5NO2S. The van der Waals surface area contributed by atoms with Crippen molar-refractivity contribution in [2.45, 2.75) is 0 Å². The van der Waals surface area contributed by atoms with Gasteiger partial charge in [0.2, 0.25) is 0 Å². The Morgan fingerprint density at radius 3 is 2.88 bits per heavy atom. The molecule has 1 aliphatic rings. The molecule has 0 aromatic carbocycles. The van der Waals surface area contributed by atoms with Crippen LogP contribution in [0, 0.1) is 0 Å². The molecule has 0 unspecified atom stereocenters. The van der Waals surface area contributed by atoms with Gasteiger partial charge in [-0.1, -0.05) is 0 Å². The highest BCUT2D eigenvalue weighted by Gasteiger charge is 2.15. The average Bonchev–Trinajstić information content (AvgIpc) is 2.14. The minimum Gasteiger partial charge on any atom is -0.390 e. The second-order valence-electron chi connectivity index (χ2n) is 1.39. The van der Waals surface area contributed by atoms with Crippen LogP contribution in [-0.4, -0.2) is 29.0 Å². The lowest BCUT2D eigenvalue weighted by Crippen LogP contribution is -2.14. The molecule has 0 aromatic rings. The van der Waals surface area contributed by atoms with Crippen LogP contribution in [0.4, 0.5) is 0 Å². The highest BCUT2D eigenvalue weighted by Crippen LogP contribution is 2.10. The summed E-state index contributed by atoms with van der Waals surface area (Å²) in [5, 5.41) is 8.37. The molecule has 3 nitrogen and oxygen atoms in total. The van der Waals surface area contributed by atoms with E-state index in [1.54, 1.807) is 0 Å². The van der Waals surface area contributed by atoms with Gasteiger partial charge in [-0.25, -0.2) is 4.40 Å². The number of aliphatic hydroxyl groups excluding tert-OH is 1. The molecule has 1 rings (SSSR count). The summed E-state index contributed by atoms with van der Waals surface area (Å²) in [6, 6.07) is 0. The molecule has 0 saturated heterocycles. The van der Waals surface area contributed by atoms with Gasteiger partial charge in [0.1, 0.15) is 5.71 Å². The van der Waals surface area contributed by atoms with E-state index in [0.717, 1.165) is 0 Å². The lowest BCUT2D eigenvalue weighted by molar-refractivity contribution is -0.110. The van der Waals surface area contributed by atoms with Crippen LogP contribution in [0.3, 0.4) is 0 Å². The van der Waals surface area contributed by atoms with Gasteiger partial charge in [-0.2, -0.15) is 0 Å². The number of carbonyl (C=O) groups is 1. The molecule has 0 fully saturated rings. The molecule has 0 bridgehead atoms. The Labute approximate surface area is 50.9 Å². The average molecular weight is 131 g/mol. The first-order valence-electron chi connectivity index (χ1n) is 2.17. The van der Waals surface area contributed by atoms with E-state index in [9.17, 15) is 4.79 Å². The Hall–Kier alpha value is -0.350. The van der Waals surface area contributed by atoms with E-state index in [4.69, 9.17) is 5.11 Å². The van der Waals surface area contributed by atoms with Gasteiger partial charge in [-0.3, -0.25) is 4.79 Å². The van der Waals surface area contributed by atoms with Crippen molar-refractivity contribution < 1.29 is 9.90 Å². The van der Waals surface area contributed by atoms with Crippen molar-refractivity contribution in [1.29, 1.82) is 0 Å². The minimum atomic E-state index is -0.216. The Kier molecular flexibility index (Phi) is 1.65. The zero-order valence-electron chi connectivity index (χ0n) is 4.13. The number of rotatable bonds is 1. The van der Waals surface area contributed by atoms with Crippen molar-refractivity contribution in [2.24, 2.45) is 4.40 Å². The first kappa shape index (κ1) is 5.78. The molecule has 4 heteroatoms. The van der Waals surface area contributed by atoms with Gasteiger partial charge < -0.3 is 5.11 Å². The first-order chi connectivity index (χ1) is 3.84. The number of hydrogen-bond acceptors (Lipinski definition) is 4. The number of carbonyl (C=O) groups excluding carboxylic acids is 1. The van der Waals surface area contributed by atoms with Crippen molar-refractivity contribution in [3.05, 3.63) is 0 Å². The van der Waals surface area contributed by atoms with Crippen molar-refractivity contribution in [3.63, 3.8) is 0 Å². The van der Waals surface area contributed by atoms with Gasteiger partial charge >= 0.3 is 0 Å². The fourth-order valence-corrected chi connectivity index (χ4v) is 1.08. The summed E-state index contributed by atoms with van der Waals surface area (Å²) in [5.74, 6) is 0.355. The quantitative estimate of drug-likeness (QED) is 0.495. The van der Waals surface area contributed by atoms with Gasteiger partial charge in [0.15, 0.2) is 5.78 Å². The van der Waals surface area contributed by atoms with Crippen LogP contribution < -0.4 is 0 Å². The van der Waals surface area contributed by atoms with E-state index in [2.05, 4.69) is 4.40 Å². The van der Waals surface area contributed by atoms with Gasteiger partial charge in [0, 0.05) is 0 Å². The summed E-state index contributed by atoms with van der Waals surface area (Å²) in [7, 11) is 0. The third-order valence-electron chi connectivity index (χ3n) is 0.842. The van der Waals surface area contributed by atoms with Gasteiger partial charge in [-0.15, -0.1) is 0 Å². The van der Waals surface area contributed by atoms with E-state index in [1.807, 2.05) is 0 Å². The number of Topliss-reactive ketones (excluding diaryl/α,β-unsaturated/α-hetero) is 1. The number of nitrogens with zero attached hydrogens (tertiary/aromatic N) is 1. The van der Waals surface area contributed by atoms with Crippen LogP contribution in [0.1, 0.15) is 0 Å². The van der Waals surface area contributed by atoms with Gasteiger partial charge in [-0.05, 0) is 11.9 Å². The van der Waals surface area contributed by atoms with Crippen LogP contribution >= 0.6 is 11.9 Å². The first-order valence-corrected chi connectivity index (χ1v) is 3.11. The third-order valence-corrected chi connectivity index (χ3v) is 1.58. The number of aliphatic hydroxyl groups is 1. The monoisotopic (exact) mass is 131 g/mol. The summed E-state index contributed by atoms with van der Waals surface area (Å²) in [4.78, 5) is 10.5. The van der Waals surface area contributed by atoms with Crippen molar-refractivity contribution >= 4 is 23.4 Å². The minimum absolute atomic E-state index is 0.0440. The molecule has 0 atom stereocenters. The predicted octanol–water partition coefficient (Wildman–Crippen LogP) is -0.349. The van der Waals surface area contributed by atoms with Crippen LogP contribution in [0.15, 0.2) is 4.40 Å². The lowest BCUT2D eigenvalue weighted by Gasteiger charge is -1.84. The van der Waals surface area contributed by atoms with E-state index >= 15 is 0 Å². The molecule has 0 spiro atoms. The third kappa shape index (κ3) is 0.900. The van der Waals surface area contributed by atoms with Crippen LogP contribution in [0.5, 0.6) is 0 Å². The fraction of sp³-hybridized carbons (Fsp3) is 0.500. The second-order valence-corrected chi connectivity index (χ2v) is 2.12. The molecular weight excluding hydrogens is 126 g/mol. The zero-order valence-corrected chi connectivity index (χ0v) is 4.94. The normalized spacial score (nSPS) is 19.1. The Morgan fingerprint density at radius 2 is 2.62 bits per heavy atom. The lowest BCUT2D eigenvalue weighted by atomic mass is 10.3. The van der Waals surface area contributed by atoms with Crippen LogP contribution in [-0.2, 0) is 4.79 Å². The fourth-order valence-electron chi connectivity index (χ4n) is 0.420. The summed E-state index contributed by atoms with van der Waals surface area (Å²) >= 11 is 1.19. The molecule has 8 heavy (non-hydrogen) atoms. The van der Waals surface area contributed by atoms with E-state index < -0.39 is 0 Å². The maximum atomic E-state index is 10.5. The molecule has 1 aliphatic heterocycles. The van der Waals surface area contributed by atoms with Crippen molar-refractivity contribution in [3.8, 4) is 0 Å². The number of hydrogen-bond donors (Lipinski definition) is 1. The summed E-state index contributed by atoms with van der Waals surface area (Å²) in [5.41, 5.74) is 0.301. The summed E-state index contributed by atoms with van der Waals surface area (Å²) in [6.45, 7) is -0.216. The number of ketones is 1.